The van der Waals surface area contributed by atoms with Crippen molar-refractivity contribution in [1.29, 1.82) is 0 Å². The number of likely N-dealkylation sites (N-methyl/N-ethyl adjacent to an activating group) is 1. The van der Waals surface area contributed by atoms with Crippen LogP contribution in [-0.2, 0) is 14.3 Å². The summed E-state index contributed by atoms with van der Waals surface area (Å²) in [7, 11) is 1.54. The van der Waals surface area contributed by atoms with Gasteiger partial charge in [0.1, 0.15) is 11.3 Å². The maximum Gasteiger partial charge on any atom is 0.261 e. The van der Waals surface area contributed by atoms with Gasteiger partial charge >= 0.3 is 0 Å². The Morgan fingerprint density at radius 2 is 2.10 bits per heavy atom. The lowest BCUT2D eigenvalue weighted by Gasteiger charge is -2.19. The number of likely N-dealkylation sites (tertiary alicyclic amines) is 1. The van der Waals surface area contributed by atoms with Gasteiger partial charge in [0.2, 0.25) is 0 Å². The molecule has 2 rings (SSSR count). The van der Waals surface area contributed by atoms with Crippen molar-refractivity contribution in [3.05, 3.63) is 35.1 Å². The van der Waals surface area contributed by atoms with Crippen LogP contribution in [0.3, 0.4) is 0 Å². The van der Waals surface area contributed by atoms with Gasteiger partial charge in [-0.15, -0.1) is 0 Å². The molecule has 1 N–H and O–H groups in total. The monoisotopic (exact) mass is 291 g/mol. The van der Waals surface area contributed by atoms with Gasteiger partial charge in [0.05, 0.1) is 12.6 Å². The zero-order valence-electron chi connectivity index (χ0n) is 12.5. The minimum atomic E-state index is -0.431. The molecule has 0 spiro atoms. The minimum Gasteiger partial charge on any atom is -0.507 e. The highest BCUT2D eigenvalue weighted by Crippen LogP contribution is 2.18. The lowest BCUT2D eigenvalue weighted by atomic mass is 10.1. The van der Waals surface area contributed by atoms with Crippen molar-refractivity contribution in [3.8, 4) is 0 Å². The minimum absolute atomic E-state index is 0.0246. The lowest BCUT2D eigenvalue weighted by molar-refractivity contribution is -0.123. The summed E-state index contributed by atoms with van der Waals surface area (Å²) in [6.45, 7) is 2.70. The Morgan fingerprint density at radius 1 is 1.33 bits per heavy atom. The van der Waals surface area contributed by atoms with Crippen molar-refractivity contribution < 1.29 is 19.4 Å². The summed E-state index contributed by atoms with van der Waals surface area (Å²) < 4.78 is 5.60. The van der Waals surface area contributed by atoms with Gasteiger partial charge in [-0.2, -0.15) is 0 Å². The molecule has 0 aromatic heterocycles. The maximum absolute atomic E-state index is 11.7. The molecule has 2 aliphatic rings. The van der Waals surface area contributed by atoms with Crippen LogP contribution in [0.25, 0.3) is 0 Å². The normalized spacial score (nSPS) is 26.9. The van der Waals surface area contributed by atoms with Crippen LogP contribution >= 0.6 is 0 Å². The number of allylic oxidation sites excluding steroid dienone is 3. The van der Waals surface area contributed by atoms with Crippen LogP contribution in [0.15, 0.2) is 35.1 Å². The Hall–Kier alpha value is -1.88. The number of aliphatic hydroxyl groups excluding tert-OH is 1. The molecule has 0 radical (unpaired) electrons. The molecule has 5 heteroatoms. The molecule has 2 saturated heterocycles. The topological polar surface area (TPSA) is 66.8 Å². The van der Waals surface area contributed by atoms with E-state index in [9.17, 15) is 14.7 Å². The second-order valence-electron chi connectivity index (χ2n) is 5.49. The van der Waals surface area contributed by atoms with E-state index in [1.165, 1.54) is 18.0 Å². The molecule has 2 fully saturated rings. The van der Waals surface area contributed by atoms with Crippen molar-refractivity contribution in [2.45, 2.75) is 32.3 Å². The van der Waals surface area contributed by atoms with Gasteiger partial charge in [0.15, 0.2) is 5.78 Å². The first-order valence-corrected chi connectivity index (χ1v) is 7.19. The fourth-order valence-electron chi connectivity index (χ4n) is 2.47. The van der Waals surface area contributed by atoms with E-state index in [0.29, 0.717) is 0 Å². The zero-order valence-corrected chi connectivity index (χ0v) is 12.5. The molecule has 1 atom stereocenters. The molecule has 1 amide bonds. The van der Waals surface area contributed by atoms with E-state index in [1.54, 1.807) is 6.08 Å². The fourth-order valence-corrected chi connectivity index (χ4v) is 2.47. The van der Waals surface area contributed by atoms with E-state index in [1.807, 2.05) is 13.0 Å². The van der Waals surface area contributed by atoms with Gasteiger partial charge in [-0.3, -0.25) is 9.59 Å². The predicted molar refractivity (Wildman–Crippen MR) is 78.8 cm³/mol. The number of hydrogen-bond acceptors (Lipinski definition) is 4. The molecule has 0 aromatic carbocycles. The van der Waals surface area contributed by atoms with Gasteiger partial charge in [0, 0.05) is 13.7 Å². The first kappa shape index (κ1) is 15.5. The second-order valence-corrected chi connectivity index (χ2v) is 5.49. The van der Waals surface area contributed by atoms with Crippen LogP contribution in [0.1, 0.15) is 26.2 Å². The third-order valence-corrected chi connectivity index (χ3v) is 3.64. The number of Topliss-reactive ketones (excluding diaryl/α,β-unsaturated/α-hetero) is 1. The smallest absolute Gasteiger partial charge is 0.261 e. The van der Waals surface area contributed by atoms with Crippen LogP contribution in [-0.4, -0.2) is 48.0 Å². The highest BCUT2D eigenvalue weighted by atomic mass is 16.5. The lowest BCUT2D eigenvalue weighted by Crippen LogP contribution is -2.19. The Morgan fingerprint density at radius 3 is 2.67 bits per heavy atom. The molecule has 21 heavy (non-hydrogen) atoms. The van der Waals surface area contributed by atoms with Crippen LogP contribution in [0.4, 0.5) is 0 Å². The van der Waals surface area contributed by atoms with Gasteiger partial charge in [0.25, 0.3) is 5.91 Å². The maximum atomic E-state index is 11.7. The molecule has 0 bridgehead atoms. The van der Waals surface area contributed by atoms with E-state index in [0.717, 1.165) is 31.4 Å². The van der Waals surface area contributed by atoms with E-state index in [4.69, 9.17) is 4.74 Å². The highest BCUT2D eigenvalue weighted by molar-refractivity contribution is 6.25. The van der Waals surface area contributed by atoms with Gasteiger partial charge < -0.3 is 14.7 Å². The molecule has 1 unspecified atom stereocenters. The van der Waals surface area contributed by atoms with Gasteiger partial charge in [-0.05, 0) is 32.3 Å². The quantitative estimate of drug-likeness (QED) is 0.373. The van der Waals surface area contributed by atoms with Crippen LogP contribution < -0.4 is 0 Å². The number of hydrogen-bond donors (Lipinski definition) is 1. The zero-order chi connectivity index (χ0) is 15.4. The van der Waals surface area contributed by atoms with Crippen LogP contribution in [0.2, 0.25) is 0 Å². The number of carbonyl (C=O) groups excluding carboxylic acids is 2. The van der Waals surface area contributed by atoms with Crippen molar-refractivity contribution in [1.82, 2.24) is 4.90 Å². The summed E-state index contributed by atoms with van der Waals surface area (Å²) in [5.41, 5.74) is 0.802. The third-order valence-electron chi connectivity index (χ3n) is 3.64. The van der Waals surface area contributed by atoms with Crippen molar-refractivity contribution in [3.63, 3.8) is 0 Å². The average molecular weight is 291 g/mol. The summed E-state index contributed by atoms with van der Waals surface area (Å²) in [5, 5.41) is 9.93. The number of ether oxygens (including phenoxy) is 1. The number of rotatable bonds is 3. The largest absolute Gasteiger partial charge is 0.507 e. The summed E-state index contributed by atoms with van der Waals surface area (Å²) in [4.78, 5) is 24.7. The molecular formula is C16H21NO4. The summed E-state index contributed by atoms with van der Waals surface area (Å²) in [6.07, 6.45) is 8.46. The Kier molecular flexibility index (Phi) is 4.96. The summed E-state index contributed by atoms with van der Waals surface area (Å²) >= 11 is 0. The van der Waals surface area contributed by atoms with Crippen LogP contribution in [0, 0.1) is 0 Å². The number of carbonyl (C=O) groups is 2. The van der Waals surface area contributed by atoms with Crippen molar-refractivity contribution in [2.24, 2.45) is 0 Å². The highest BCUT2D eigenvalue weighted by Gasteiger charge is 2.33. The van der Waals surface area contributed by atoms with Crippen molar-refractivity contribution in [2.75, 3.05) is 20.2 Å². The van der Waals surface area contributed by atoms with Gasteiger partial charge in [-0.1, -0.05) is 17.7 Å². The summed E-state index contributed by atoms with van der Waals surface area (Å²) in [6, 6.07) is 0. The molecular weight excluding hydrogens is 270 g/mol. The van der Waals surface area contributed by atoms with E-state index < -0.39 is 5.91 Å². The number of ketones is 1. The third kappa shape index (κ3) is 3.82. The SMILES string of the molecule is CC(/C=C/C(O)=C1C(=O)CN(C)C1=O)=C\C1CCCCO1. The fraction of sp³-hybridized carbons (Fsp3) is 0.500. The summed E-state index contributed by atoms with van der Waals surface area (Å²) in [5.74, 6) is -1.05. The number of nitrogens with zero attached hydrogens (tertiary/aromatic N) is 1. The Bertz CT molecular complexity index is 524. The first-order chi connectivity index (χ1) is 9.99. The molecule has 5 nitrogen and oxygen atoms in total. The van der Waals surface area contributed by atoms with E-state index in [-0.39, 0.29) is 29.8 Å². The van der Waals surface area contributed by atoms with E-state index >= 15 is 0 Å². The molecule has 0 aliphatic carbocycles. The van der Waals surface area contributed by atoms with Crippen LogP contribution in [0.5, 0.6) is 0 Å². The number of amides is 1. The second kappa shape index (κ2) is 6.72. The number of aliphatic hydroxyl groups is 1. The molecule has 2 aliphatic heterocycles. The Labute approximate surface area is 124 Å². The van der Waals surface area contributed by atoms with Gasteiger partial charge in [-0.25, -0.2) is 0 Å². The Balaban J connectivity index is 2.07. The predicted octanol–water partition coefficient (Wildman–Crippen LogP) is 1.91. The first-order valence-electron chi connectivity index (χ1n) is 7.19. The van der Waals surface area contributed by atoms with E-state index in [2.05, 4.69) is 0 Å². The standard InChI is InChI=1S/C16H21NO4/c1-11(9-12-5-3-4-8-21-12)6-7-13(18)15-14(19)10-17(2)16(15)20/h6-7,9,12,18H,3-5,8,10H2,1-2H3/b7-6+,11-9+,15-13?. The molecule has 0 aromatic rings. The molecule has 2 heterocycles. The van der Waals surface area contributed by atoms with Crippen molar-refractivity contribution >= 4 is 11.7 Å². The average Bonchev–Trinajstić information content (AvgIpc) is 2.71. The molecule has 0 saturated carbocycles. The molecule has 114 valence electrons.